The van der Waals surface area contributed by atoms with E-state index in [4.69, 9.17) is 5.73 Å². The molecule has 2 heterocycles. The minimum absolute atomic E-state index is 0.0706. The molecule has 0 spiro atoms. The Balaban J connectivity index is 0.000000220. The number of benzene rings is 2. The molecule has 5 nitrogen and oxygen atoms in total. The van der Waals surface area contributed by atoms with Gasteiger partial charge in [-0.05, 0) is 58.9 Å². The van der Waals surface area contributed by atoms with Crippen molar-refractivity contribution < 1.29 is 44.7 Å². The first-order valence-electron chi connectivity index (χ1n) is 12.1. The second-order valence-electron chi connectivity index (χ2n) is 11.0. The van der Waals surface area contributed by atoms with Crippen LogP contribution in [0.15, 0.2) is 36.4 Å². The molecule has 2 aromatic carbocycles. The van der Waals surface area contributed by atoms with Crippen molar-refractivity contribution in [1.29, 1.82) is 0 Å². The van der Waals surface area contributed by atoms with Crippen LogP contribution in [0.4, 0.5) is 40.8 Å². The van der Waals surface area contributed by atoms with Gasteiger partial charge in [0.2, 0.25) is 0 Å². The molecule has 220 valence electrons. The van der Waals surface area contributed by atoms with E-state index in [2.05, 4.69) is 0 Å². The molecular formula is C27H29F8N3O2. The third-order valence-electron chi connectivity index (χ3n) is 7.43. The normalized spacial score (nSPS) is 32.8. The third-order valence-corrected chi connectivity index (χ3v) is 7.43. The molecule has 2 aromatic rings. The van der Waals surface area contributed by atoms with Crippen molar-refractivity contribution in [2.24, 2.45) is 0 Å². The first-order valence-corrected chi connectivity index (χ1v) is 12.1. The fourth-order valence-electron chi connectivity index (χ4n) is 4.72. The third kappa shape index (κ3) is 5.22. The average Bonchev–Trinajstić information content (AvgIpc) is 2.79. The summed E-state index contributed by atoms with van der Waals surface area (Å²) >= 11 is 0. The molecule has 2 amide bonds. The average molecular weight is 580 g/mol. The molecule has 2 aliphatic heterocycles. The van der Waals surface area contributed by atoms with Crippen molar-refractivity contribution in [3.63, 3.8) is 0 Å². The quantitative estimate of drug-likeness (QED) is 0.314. The van der Waals surface area contributed by atoms with Gasteiger partial charge in [0.15, 0.2) is 11.3 Å². The maximum atomic E-state index is 14.3. The van der Waals surface area contributed by atoms with Crippen molar-refractivity contribution >= 4 is 17.5 Å². The summed E-state index contributed by atoms with van der Waals surface area (Å²) in [6.07, 6.45) is -2.60. The predicted molar refractivity (Wildman–Crippen MR) is 131 cm³/mol. The second-order valence-corrected chi connectivity index (χ2v) is 11.0. The summed E-state index contributed by atoms with van der Waals surface area (Å²) in [5.74, 6) is -11.4. The Kier molecular flexibility index (Phi) is 7.49. The zero-order valence-corrected chi connectivity index (χ0v) is 22.3. The van der Waals surface area contributed by atoms with Crippen LogP contribution in [0.3, 0.4) is 0 Å². The number of nitrogens with one attached hydrogen (secondary N) is 2. The van der Waals surface area contributed by atoms with Crippen molar-refractivity contribution in [3.8, 4) is 0 Å². The van der Waals surface area contributed by atoms with Crippen LogP contribution in [-0.4, -0.2) is 35.0 Å². The maximum absolute atomic E-state index is 14.3. The van der Waals surface area contributed by atoms with Crippen LogP contribution < -0.4 is 16.4 Å². The van der Waals surface area contributed by atoms with E-state index in [9.17, 15) is 44.7 Å². The molecule has 13 heteroatoms. The standard InChI is InChI=1S/C14H15F4NO.C13H14F4N2O/c1-8-4-5-10(15)9(6-8)13(3)14(17,18)7-12(2,16)11(20)19-13;1-11(15)6-13(16,17)12(2,19-10(11)20)8-5-7(18)3-4-9(8)14/h4-6H,7H2,1-3H3,(H,19,20);3-5H,6,18H2,1-2H3,(H,19,20)/t12?,13-;11?,12-/m11/s1. The van der Waals surface area contributed by atoms with Gasteiger partial charge in [-0.2, -0.15) is 0 Å². The molecule has 0 aromatic heterocycles. The highest BCUT2D eigenvalue weighted by Gasteiger charge is 2.64. The Hall–Kier alpha value is -3.38. The molecule has 0 bridgehead atoms. The molecular weight excluding hydrogens is 550 g/mol. The van der Waals surface area contributed by atoms with Crippen LogP contribution in [0.25, 0.3) is 0 Å². The van der Waals surface area contributed by atoms with Gasteiger partial charge < -0.3 is 16.4 Å². The van der Waals surface area contributed by atoms with E-state index in [0.717, 1.165) is 45.9 Å². The Morgan fingerprint density at radius 3 is 1.48 bits per heavy atom. The Labute approximate surface area is 225 Å². The van der Waals surface area contributed by atoms with Crippen LogP contribution >= 0.6 is 0 Å². The second kappa shape index (κ2) is 9.62. The van der Waals surface area contributed by atoms with Gasteiger partial charge in [-0.1, -0.05) is 17.7 Å². The van der Waals surface area contributed by atoms with Crippen LogP contribution in [0.5, 0.6) is 0 Å². The summed E-state index contributed by atoms with van der Waals surface area (Å²) < 4.78 is 112. The van der Waals surface area contributed by atoms with E-state index in [1.807, 2.05) is 10.6 Å². The van der Waals surface area contributed by atoms with Gasteiger partial charge in [0.1, 0.15) is 22.7 Å². The number of anilines is 1. The summed E-state index contributed by atoms with van der Waals surface area (Å²) in [5.41, 5.74) is -4.71. The van der Waals surface area contributed by atoms with Crippen LogP contribution in [-0.2, 0) is 20.7 Å². The van der Waals surface area contributed by atoms with Gasteiger partial charge in [0.05, 0.1) is 12.8 Å². The topological polar surface area (TPSA) is 84.2 Å². The summed E-state index contributed by atoms with van der Waals surface area (Å²) in [4.78, 5) is 23.3. The number of amides is 2. The molecule has 4 atom stereocenters. The zero-order chi connectivity index (χ0) is 30.7. The number of halogens is 8. The number of nitrogen functional groups attached to an aromatic ring is 1. The molecule has 2 fully saturated rings. The van der Waals surface area contributed by atoms with E-state index in [0.29, 0.717) is 5.56 Å². The lowest BCUT2D eigenvalue weighted by molar-refractivity contribution is -0.175. The largest absolute Gasteiger partial charge is 0.399 e. The monoisotopic (exact) mass is 579 g/mol. The lowest BCUT2D eigenvalue weighted by Crippen LogP contribution is -2.66. The van der Waals surface area contributed by atoms with Gasteiger partial charge >= 0.3 is 0 Å². The minimum Gasteiger partial charge on any atom is -0.399 e. The van der Waals surface area contributed by atoms with Crippen LogP contribution in [0, 0.1) is 18.6 Å². The van der Waals surface area contributed by atoms with E-state index in [1.165, 1.54) is 18.2 Å². The van der Waals surface area contributed by atoms with Gasteiger partial charge in [0.25, 0.3) is 23.7 Å². The first kappa shape index (κ1) is 31.2. The molecule has 4 N–H and O–H groups in total. The van der Waals surface area contributed by atoms with E-state index in [1.54, 1.807) is 6.92 Å². The molecule has 0 radical (unpaired) electrons. The Morgan fingerprint density at radius 1 is 0.675 bits per heavy atom. The number of hydrogen-bond acceptors (Lipinski definition) is 3. The lowest BCUT2D eigenvalue weighted by Gasteiger charge is -2.45. The molecule has 4 rings (SSSR count). The lowest BCUT2D eigenvalue weighted by atomic mass is 9.75. The smallest absolute Gasteiger partial charge is 0.278 e. The zero-order valence-electron chi connectivity index (χ0n) is 22.3. The fourth-order valence-corrected chi connectivity index (χ4v) is 4.72. The van der Waals surface area contributed by atoms with Crippen molar-refractivity contribution in [2.75, 3.05) is 5.73 Å². The fraction of sp³-hybridized carbons (Fsp3) is 0.481. The summed E-state index contributed by atoms with van der Waals surface area (Å²) in [6.45, 7) is 5.15. The van der Waals surface area contributed by atoms with Gasteiger partial charge in [-0.15, -0.1) is 0 Å². The van der Waals surface area contributed by atoms with Gasteiger partial charge in [-0.25, -0.2) is 35.1 Å². The molecule has 2 unspecified atom stereocenters. The number of nitrogens with two attached hydrogens (primary N) is 1. The SMILES string of the molecule is CC1(F)CC(F)(F)[C@@](C)(c2cc(N)ccc2F)NC1=O.Cc1ccc(F)c([C@@]2(C)NC(=O)C(C)(F)CC2(F)F)c1. The Morgan fingerprint density at radius 2 is 1.05 bits per heavy atom. The molecule has 40 heavy (non-hydrogen) atoms. The van der Waals surface area contributed by atoms with E-state index < -0.39 is 76.1 Å². The number of rotatable bonds is 2. The minimum atomic E-state index is -3.67. The summed E-state index contributed by atoms with van der Waals surface area (Å²) in [6, 6.07) is 6.89. The van der Waals surface area contributed by atoms with Crippen LogP contribution in [0.1, 0.15) is 57.2 Å². The maximum Gasteiger partial charge on any atom is 0.278 e. The van der Waals surface area contributed by atoms with Gasteiger partial charge in [0, 0.05) is 16.8 Å². The van der Waals surface area contributed by atoms with Gasteiger partial charge in [-0.3, -0.25) is 9.59 Å². The van der Waals surface area contributed by atoms with E-state index >= 15 is 0 Å². The number of carbonyl (C=O) groups is 2. The predicted octanol–water partition coefficient (Wildman–Crippen LogP) is 5.74. The number of aryl methyl sites for hydroxylation is 1. The summed E-state index contributed by atoms with van der Waals surface area (Å²) in [7, 11) is 0. The van der Waals surface area contributed by atoms with Crippen molar-refractivity contribution in [1.82, 2.24) is 10.6 Å². The molecule has 0 aliphatic carbocycles. The summed E-state index contributed by atoms with van der Waals surface area (Å²) in [5, 5.41) is 3.85. The number of hydrogen-bond donors (Lipinski definition) is 3. The molecule has 2 saturated heterocycles. The number of alkyl halides is 6. The highest BCUT2D eigenvalue weighted by Crippen LogP contribution is 2.49. The molecule has 2 aliphatic rings. The van der Waals surface area contributed by atoms with E-state index in [-0.39, 0.29) is 11.3 Å². The van der Waals surface area contributed by atoms with Crippen molar-refractivity contribution in [2.45, 2.75) is 81.7 Å². The Bertz CT molecular complexity index is 1250. The number of carbonyl (C=O) groups excluding carboxylic acids is 2. The highest BCUT2D eigenvalue weighted by molar-refractivity contribution is 5.87. The first-order chi connectivity index (χ1) is 18.0. The van der Waals surface area contributed by atoms with Crippen LogP contribution in [0.2, 0.25) is 0 Å². The van der Waals surface area contributed by atoms with Crippen molar-refractivity contribution in [3.05, 3.63) is 64.7 Å². The number of piperidine rings is 2. The molecule has 0 saturated carbocycles. The highest BCUT2D eigenvalue weighted by atomic mass is 19.3.